The number of fused-ring (bicyclic) bond motifs is 1. The van der Waals surface area contributed by atoms with E-state index in [-0.39, 0.29) is 82.4 Å². The van der Waals surface area contributed by atoms with Crippen molar-refractivity contribution in [2.75, 3.05) is 93.8 Å². The molecule has 1 unspecified atom stereocenters. The molecule has 16 heteroatoms. The first-order chi connectivity index (χ1) is 32.2. The standard InChI is InChI=1S/C50H59N3O13/c1-51-45(54)21-22-47(56)66-42-33-39(35-65-50(36-9-5-4-6-10-36,37-13-17-40(59-2)18-14-37)38-15-19-41(60-3)20-16-38)53(34-42)46(55)23-25-61-27-29-63-31-32-64-30-28-62-26-24-52-48(57)43-11-7-8-12-44(43)49(52)58/h4-20,39,42H,21-35H2,1-3H3,(H,51,54)/t39?,42-/m1/s1. The Morgan fingerprint density at radius 2 is 1.12 bits per heavy atom. The summed E-state index contributed by atoms with van der Waals surface area (Å²) in [5, 5.41) is 2.51. The number of hydrogen-bond acceptors (Lipinski definition) is 13. The molecule has 0 aromatic heterocycles. The van der Waals surface area contributed by atoms with Gasteiger partial charge in [-0.05, 0) is 53.1 Å². The van der Waals surface area contributed by atoms with Gasteiger partial charge >= 0.3 is 5.97 Å². The molecule has 1 saturated heterocycles. The first kappa shape index (κ1) is 49.3. The second kappa shape index (κ2) is 24.9. The number of benzene rings is 4. The molecular formula is C50H59N3O13. The number of methoxy groups -OCH3 is 2. The van der Waals surface area contributed by atoms with Gasteiger partial charge in [0.25, 0.3) is 11.8 Å². The minimum atomic E-state index is -1.13. The van der Waals surface area contributed by atoms with E-state index in [4.69, 9.17) is 37.9 Å². The number of hydrogen-bond donors (Lipinski definition) is 1. The number of nitrogens with one attached hydrogen (secondary N) is 1. The molecule has 0 aliphatic carbocycles. The molecule has 0 saturated carbocycles. The third-order valence-corrected chi connectivity index (χ3v) is 11.4. The highest BCUT2D eigenvalue weighted by atomic mass is 16.6. The zero-order chi connectivity index (χ0) is 46.7. The number of carbonyl (C=O) groups is 5. The highest BCUT2D eigenvalue weighted by Crippen LogP contribution is 2.42. The van der Waals surface area contributed by atoms with Crippen molar-refractivity contribution in [1.82, 2.24) is 15.1 Å². The third-order valence-electron chi connectivity index (χ3n) is 11.4. The number of amides is 4. The van der Waals surface area contributed by atoms with E-state index in [2.05, 4.69) is 5.32 Å². The van der Waals surface area contributed by atoms with Crippen molar-refractivity contribution in [3.05, 3.63) is 131 Å². The van der Waals surface area contributed by atoms with Crippen LogP contribution in [0.5, 0.6) is 11.5 Å². The zero-order valence-electron chi connectivity index (χ0n) is 37.8. The van der Waals surface area contributed by atoms with E-state index in [9.17, 15) is 24.0 Å². The Morgan fingerprint density at radius 3 is 1.65 bits per heavy atom. The molecule has 0 bridgehead atoms. The van der Waals surface area contributed by atoms with Crippen molar-refractivity contribution in [2.24, 2.45) is 0 Å². The van der Waals surface area contributed by atoms with E-state index < -0.39 is 23.7 Å². The summed E-state index contributed by atoms with van der Waals surface area (Å²) >= 11 is 0. The number of ether oxygens (including phenoxy) is 8. The SMILES string of the molecule is CNC(=O)CCC(=O)O[C@@H]1CC(COC(c2ccccc2)(c2ccc(OC)cc2)c2ccc(OC)cc2)N(C(=O)CCOCCOCCOCCOCCN2C(=O)c3ccccc3C2=O)C1. The molecule has 4 aromatic carbocycles. The van der Waals surface area contributed by atoms with Crippen molar-refractivity contribution in [2.45, 2.75) is 43.4 Å². The molecule has 66 heavy (non-hydrogen) atoms. The van der Waals surface area contributed by atoms with Crippen LogP contribution in [-0.4, -0.2) is 145 Å². The van der Waals surface area contributed by atoms with Crippen LogP contribution in [0.25, 0.3) is 0 Å². The number of carbonyl (C=O) groups excluding carboxylic acids is 5. The van der Waals surface area contributed by atoms with Gasteiger partial charge < -0.3 is 48.1 Å². The first-order valence-corrected chi connectivity index (χ1v) is 22.1. The summed E-state index contributed by atoms with van der Waals surface area (Å²) in [6.45, 7) is 2.58. The minimum Gasteiger partial charge on any atom is -0.497 e. The average molecular weight is 910 g/mol. The van der Waals surface area contributed by atoms with E-state index in [0.717, 1.165) is 16.7 Å². The maximum Gasteiger partial charge on any atom is 0.306 e. The predicted octanol–water partition coefficient (Wildman–Crippen LogP) is 4.80. The fourth-order valence-corrected chi connectivity index (χ4v) is 7.97. The molecule has 4 aromatic rings. The molecule has 6 rings (SSSR count). The van der Waals surface area contributed by atoms with Crippen LogP contribution >= 0.6 is 0 Å². The molecule has 2 atom stereocenters. The van der Waals surface area contributed by atoms with E-state index in [0.29, 0.717) is 62.1 Å². The van der Waals surface area contributed by atoms with Crippen LogP contribution in [0.2, 0.25) is 0 Å². The molecule has 0 radical (unpaired) electrons. The lowest BCUT2D eigenvalue weighted by Crippen LogP contribution is -2.42. The van der Waals surface area contributed by atoms with Gasteiger partial charge in [0, 0.05) is 19.9 Å². The second-order valence-electron chi connectivity index (χ2n) is 15.5. The van der Waals surface area contributed by atoms with Crippen LogP contribution in [0.15, 0.2) is 103 Å². The van der Waals surface area contributed by atoms with Gasteiger partial charge in [-0.15, -0.1) is 0 Å². The molecule has 2 aliphatic heterocycles. The normalized spacial score (nSPS) is 15.7. The first-order valence-electron chi connectivity index (χ1n) is 22.1. The Morgan fingerprint density at radius 1 is 0.621 bits per heavy atom. The molecule has 0 spiro atoms. The van der Waals surface area contributed by atoms with Gasteiger partial charge in [-0.1, -0.05) is 66.7 Å². The maximum atomic E-state index is 13.9. The molecule has 4 amide bonds. The van der Waals surface area contributed by atoms with Crippen molar-refractivity contribution in [3.8, 4) is 11.5 Å². The molecule has 1 N–H and O–H groups in total. The van der Waals surface area contributed by atoms with Crippen molar-refractivity contribution in [1.29, 1.82) is 0 Å². The average Bonchev–Trinajstić information content (AvgIpc) is 3.87. The molecule has 2 heterocycles. The summed E-state index contributed by atoms with van der Waals surface area (Å²) in [6, 6.07) is 31.5. The number of likely N-dealkylation sites (tertiary alicyclic amines) is 1. The van der Waals surface area contributed by atoms with Gasteiger partial charge in [0.1, 0.15) is 23.2 Å². The molecule has 352 valence electrons. The summed E-state index contributed by atoms with van der Waals surface area (Å²) in [5.41, 5.74) is 2.21. The number of rotatable bonds is 27. The Balaban J connectivity index is 0.993. The topological polar surface area (TPSA) is 178 Å². The van der Waals surface area contributed by atoms with Gasteiger partial charge in [0.2, 0.25) is 11.8 Å². The van der Waals surface area contributed by atoms with Crippen LogP contribution in [0, 0.1) is 0 Å². The zero-order valence-corrected chi connectivity index (χ0v) is 37.8. The third kappa shape index (κ3) is 12.8. The predicted molar refractivity (Wildman–Crippen MR) is 241 cm³/mol. The lowest BCUT2D eigenvalue weighted by atomic mass is 9.80. The quantitative estimate of drug-likeness (QED) is 0.0374. The molecular weight excluding hydrogens is 851 g/mol. The lowest BCUT2D eigenvalue weighted by Gasteiger charge is -2.38. The fourth-order valence-electron chi connectivity index (χ4n) is 7.97. The summed E-state index contributed by atoms with van der Waals surface area (Å²) in [6.07, 6.45) is -0.302. The van der Waals surface area contributed by atoms with Crippen molar-refractivity contribution >= 4 is 29.6 Å². The van der Waals surface area contributed by atoms with Crippen LogP contribution in [-0.2, 0) is 48.4 Å². The Kier molecular flexibility index (Phi) is 18.6. The number of imide groups is 1. The monoisotopic (exact) mass is 909 g/mol. The van der Waals surface area contributed by atoms with Crippen LogP contribution in [0.1, 0.15) is 63.1 Å². The summed E-state index contributed by atoms with van der Waals surface area (Å²) < 4.78 is 46.5. The van der Waals surface area contributed by atoms with Gasteiger partial charge in [0.15, 0.2) is 0 Å². The fraction of sp³-hybridized carbons (Fsp3) is 0.420. The summed E-state index contributed by atoms with van der Waals surface area (Å²) in [7, 11) is 4.73. The highest BCUT2D eigenvalue weighted by Gasteiger charge is 2.43. The molecule has 16 nitrogen and oxygen atoms in total. The number of nitrogens with zero attached hydrogens (tertiary/aromatic N) is 2. The summed E-state index contributed by atoms with van der Waals surface area (Å²) in [5.74, 6) is -0.236. The minimum absolute atomic E-state index is 0.00505. The Labute approximate surface area is 385 Å². The van der Waals surface area contributed by atoms with Crippen LogP contribution < -0.4 is 14.8 Å². The highest BCUT2D eigenvalue weighted by molar-refractivity contribution is 6.21. The summed E-state index contributed by atoms with van der Waals surface area (Å²) in [4.78, 5) is 66.5. The molecule has 1 fully saturated rings. The smallest absolute Gasteiger partial charge is 0.306 e. The van der Waals surface area contributed by atoms with Crippen LogP contribution in [0.4, 0.5) is 0 Å². The van der Waals surface area contributed by atoms with Crippen molar-refractivity contribution in [3.63, 3.8) is 0 Å². The van der Waals surface area contributed by atoms with E-state index in [1.54, 1.807) is 43.4 Å². The van der Waals surface area contributed by atoms with Crippen molar-refractivity contribution < 1.29 is 61.9 Å². The Bertz CT molecular complexity index is 2120. The van der Waals surface area contributed by atoms with E-state index in [1.165, 1.54) is 11.9 Å². The van der Waals surface area contributed by atoms with E-state index >= 15 is 0 Å². The van der Waals surface area contributed by atoms with Gasteiger partial charge in [-0.3, -0.25) is 28.9 Å². The van der Waals surface area contributed by atoms with Gasteiger partial charge in [-0.2, -0.15) is 0 Å². The molecule has 2 aliphatic rings. The largest absolute Gasteiger partial charge is 0.497 e. The second-order valence-corrected chi connectivity index (χ2v) is 15.5. The maximum absolute atomic E-state index is 13.9. The van der Waals surface area contributed by atoms with Gasteiger partial charge in [0.05, 0.1) is 117 Å². The number of esters is 1. The van der Waals surface area contributed by atoms with Gasteiger partial charge in [-0.25, -0.2) is 0 Å². The van der Waals surface area contributed by atoms with E-state index in [1.807, 2.05) is 78.9 Å². The Hall–Kier alpha value is -6.17. The lowest BCUT2D eigenvalue weighted by molar-refractivity contribution is -0.150. The van der Waals surface area contributed by atoms with Crippen LogP contribution in [0.3, 0.4) is 0 Å².